The molecule has 0 aliphatic carbocycles. The molecule has 2 aliphatic rings. The lowest BCUT2D eigenvalue weighted by atomic mass is 10.3. The van der Waals surface area contributed by atoms with E-state index >= 15 is 0 Å². The van der Waals surface area contributed by atoms with Crippen LogP contribution < -0.4 is 10.0 Å². The molecule has 0 atom stereocenters. The average molecular weight is 325 g/mol. The van der Waals surface area contributed by atoms with Gasteiger partial charge in [-0.15, -0.1) is 0 Å². The Balaban J connectivity index is 1.92. The number of methoxy groups -OCH3 is 1. The van der Waals surface area contributed by atoms with Gasteiger partial charge in [0.1, 0.15) is 11.1 Å². The van der Waals surface area contributed by atoms with E-state index in [2.05, 4.69) is 40.3 Å². The van der Waals surface area contributed by atoms with Gasteiger partial charge in [-0.25, -0.2) is 0 Å². The molecule has 3 rings (SSSR count). The normalized spacial score (nSPS) is 21.7. The predicted molar refractivity (Wildman–Crippen MR) is 90.3 cm³/mol. The van der Waals surface area contributed by atoms with Gasteiger partial charge in [0, 0.05) is 0 Å². The summed E-state index contributed by atoms with van der Waals surface area (Å²) in [6.07, 6.45) is 0. The molecule has 0 unspecified atom stereocenters. The Morgan fingerprint density at radius 1 is 0.864 bits per heavy atom. The maximum Gasteiger partial charge on any atom is 0.183 e. The molecule has 2 fully saturated rings. The Kier molecular flexibility index (Phi) is 5.32. The van der Waals surface area contributed by atoms with Crippen molar-refractivity contribution in [1.29, 1.82) is 0 Å². The van der Waals surface area contributed by atoms with Crippen molar-refractivity contribution in [3.05, 3.63) is 24.3 Å². The second-order valence-corrected chi connectivity index (χ2v) is 9.22. The number of ether oxygens (including phenoxy) is 3. The summed E-state index contributed by atoms with van der Waals surface area (Å²) in [5.74, 6) is 0.916. The fourth-order valence-corrected chi connectivity index (χ4v) is 6.87. The monoisotopic (exact) mass is 325 g/mol. The average Bonchev–Trinajstić information content (AvgIpc) is 2.62. The number of hydrogen-bond acceptors (Lipinski definition) is 5. The maximum atomic E-state index is 5.57. The van der Waals surface area contributed by atoms with Gasteiger partial charge in [-0.05, 0) is 24.3 Å². The summed E-state index contributed by atoms with van der Waals surface area (Å²) in [5.41, 5.74) is 0. The van der Waals surface area contributed by atoms with E-state index in [1.54, 1.807) is 7.11 Å². The minimum atomic E-state index is -1.55. The van der Waals surface area contributed by atoms with E-state index in [0.717, 1.165) is 58.4 Å². The van der Waals surface area contributed by atoms with Crippen molar-refractivity contribution >= 4 is 12.9 Å². The number of benzene rings is 1. The Morgan fingerprint density at radius 3 is 1.73 bits per heavy atom. The number of hydrogen-bond donors (Lipinski definition) is 0. The Morgan fingerprint density at radius 2 is 1.32 bits per heavy atom. The van der Waals surface area contributed by atoms with E-state index in [0.29, 0.717) is 0 Å². The Labute approximate surface area is 133 Å². The molecule has 0 radical (unpaired) electrons. The standard InChI is InChI=1S/C16H26N2O3P/c1-19-15-3-5-16(6-4-15)22(2,17-7-11-20-12-8-17)18-9-13-21-14-10-18/h3-6H,7-14H2,1-2H3/q+1. The SMILES string of the molecule is COc1ccc([P+](C)(N2CCOCC2)N2CCOCC2)cc1. The molecule has 0 N–H and O–H groups in total. The van der Waals surface area contributed by atoms with Crippen LogP contribution in [-0.4, -0.2) is 75.7 Å². The fraction of sp³-hybridized carbons (Fsp3) is 0.625. The first-order valence-electron chi connectivity index (χ1n) is 7.92. The lowest BCUT2D eigenvalue weighted by Crippen LogP contribution is -2.49. The van der Waals surface area contributed by atoms with Gasteiger partial charge in [-0.1, -0.05) is 0 Å². The molecule has 6 heteroatoms. The van der Waals surface area contributed by atoms with Crippen LogP contribution in [0.1, 0.15) is 0 Å². The van der Waals surface area contributed by atoms with E-state index in [-0.39, 0.29) is 0 Å². The second-order valence-electron chi connectivity index (χ2n) is 5.74. The lowest BCUT2D eigenvalue weighted by molar-refractivity contribution is 0.0570. The highest BCUT2D eigenvalue weighted by Crippen LogP contribution is 2.60. The van der Waals surface area contributed by atoms with Crippen molar-refractivity contribution in [3.8, 4) is 5.75 Å². The van der Waals surface area contributed by atoms with Crippen molar-refractivity contribution in [2.45, 2.75) is 0 Å². The summed E-state index contributed by atoms with van der Waals surface area (Å²) < 4.78 is 21.7. The van der Waals surface area contributed by atoms with Gasteiger partial charge in [-0.2, -0.15) is 9.34 Å². The van der Waals surface area contributed by atoms with Crippen LogP contribution in [0.2, 0.25) is 0 Å². The summed E-state index contributed by atoms with van der Waals surface area (Å²) in [6, 6.07) is 8.62. The van der Waals surface area contributed by atoms with Gasteiger partial charge in [0.25, 0.3) is 0 Å². The molecule has 5 nitrogen and oxygen atoms in total. The molecule has 2 aliphatic heterocycles. The van der Waals surface area contributed by atoms with Gasteiger partial charge in [0.2, 0.25) is 0 Å². The zero-order chi connectivity index (χ0) is 15.4. The van der Waals surface area contributed by atoms with Crippen molar-refractivity contribution in [2.24, 2.45) is 0 Å². The highest BCUT2D eigenvalue weighted by Gasteiger charge is 2.49. The van der Waals surface area contributed by atoms with Crippen molar-refractivity contribution in [1.82, 2.24) is 9.34 Å². The summed E-state index contributed by atoms with van der Waals surface area (Å²) in [6.45, 7) is 9.78. The fourth-order valence-electron chi connectivity index (χ4n) is 3.26. The molecule has 2 heterocycles. The van der Waals surface area contributed by atoms with E-state index < -0.39 is 7.56 Å². The van der Waals surface area contributed by atoms with Crippen molar-refractivity contribution in [3.63, 3.8) is 0 Å². The molecule has 1 aromatic carbocycles. The highest BCUT2D eigenvalue weighted by molar-refractivity contribution is 7.78. The Hall–Kier alpha value is -0.710. The van der Waals surface area contributed by atoms with Crippen LogP contribution in [-0.2, 0) is 9.47 Å². The first kappa shape index (κ1) is 16.2. The minimum absolute atomic E-state index is 0.829. The smallest absolute Gasteiger partial charge is 0.183 e. The molecule has 0 saturated carbocycles. The highest BCUT2D eigenvalue weighted by atomic mass is 31.2. The van der Waals surface area contributed by atoms with Crippen LogP contribution in [0.3, 0.4) is 0 Å². The van der Waals surface area contributed by atoms with Crippen LogP contribution in [0.15, 0.2) is 24.3 Å². The van der Waals surface area contributed by atoms with Gasteiger partial charge in [-0.3, -0.25) is 0 Å². The van der Waals surface area contributed by atoms with Crippen LogP contribution in [0, 0.1) is 0 Å². The first-order chi connectivity index (χ1) is 10.7. The minimum Gasteiger partial charge on any atom is -0.497 e. The second kappa shape index (κ2) is 7.24. The van der Waals surface area contributed by atoms with E-state index in [1.807, 2.05) is 0 Å². The van der Waals surface area contributed by atoms with Gasteiger partial charge >= 0.3 is 0 Å². The Bertz CT molecular complexity index is 453. The van der Waals surface area contributed by atoms with E-state index in [1.165, 1.54) is 5.30 Å². The van der Waals surface area contributed by atoms with Crippen molar-refractivity contribution < 1.29 is 14.2 Å². The largest absolute Gasteiger partial charge is 0.497 e. The molecule has 0 aromatic heterocycles. The summed E-state index contributed by atoms with van der Waals surface area (Å²) in [7, 11) is 0.164. The first-order valence-corrected chi connectivity index (χ1v) is 10.1. The molecule has 2 saturated heterocycles. The molecular formula is C16H26N2O3P+. The number of morpholine rings is 2. The van der Waals surface area contributed by atoms with Gasteiger partial charge in [0.15, 0.2) is 7.56 Å². The molecule has 0 bridgehead atoms. The van der Waals surface area contributed by atoms with E-state index in [9.17, 15) is 0 Å². The molecule has 22 heavy (non-hydrogen) atoms. The van der Waals surface area contributed by atoms with Gasteiger partial charge < -0.3 is 14.2 Å². The van der Waals surface area contributed by atoms with Crippen LogP contribution >= 0.6 is 7.56 Å². The zero-order valence-corrected chi connectivity index (χ0v) is 14.4. The third-order valence-corrected chi connectivity index (χ3v) is 8.92. The van der Waals surface area contributed by atoms with Crippen LogP contribution in [0.4, 0.5) is 0 Å². The summed E-state index contributed by atoms with van der Waals surface area (Å²) >= 11 is 0. The molecule has 1 aromatic rings. The quantitative estimate of drug-likeness (QED) is 0.783. The number of rotatable bonds is 4. The summed E-state index contributed by atoms with van der Waals surface area (Å²) in [4.78, 5) is 0. The summed E-state index contributed by atoms with van der Waals surface area (Å²) in [5, 5.41) is 1.41. The third kappa shape index (κ3) is 3.15. The van der Waals surface area contributed by atoms with Gasteiger partial charge in [0.05, 0.1) is 66.4 Å². The number of nitrogens with zero attached hydrogens (tertiary/aromatic N) is 2. The molecular weight excluding hydrogens is 299 g/mol. The molecule has 0 amide bonds. The lowest BCUT2D eigenvalue weighted by Gasteiger charge is -2.43. The molecule has 122 valence electrons. The van der Waals surface area contributed by atoms with Crippen LogP contribution in [0.25, 0.3) is 0 Å². The molecule has 0 spiro atoms. The zero-order valence-electron chi connectivity index (χ0n) is 13.5. The third-order valence-electron chi connectivity index (χ3n) is 4.64. The topological polar surface area (TPSA) is 34.2 Å². The maximum absolute atomic E-state index is 5.57. The van der Waals surface area contributed by atoms with Crippen molar-refractivity contribution in [2.75, 3.05) is 66.4 Å². The van der Waals surface area contributed by atoms with E-state index in [4.69, 9.17) is 14.2 Å². The predicted octanol–water partition coefficient (Wildman–Crippen LogP) is 1.46. The van der Waals surface area contributed by atoms with Crippen LogP contribution in [0.5, 0.6) is 5.75 Å².